The van der Waals surface area contributed by atoms with Crippen molar-refractivity contribution in [1.29, 1.82) is 0 Å². The average Bonchev–Trinajstić information content (AvgIpc) is 2.17. The Hall–Kier alpha value is -1.58. The molecule has 4 nitrogen and oxygen atoms in total. The first-order valence-corrected chi connectivity index (χ1v) is 4.97. The number of ether oxygens (including phenoxy) is 1. The summed E-state index contributed by atoms with van der Waals surface area (Å²) >= 11 is 0. The van der Waals surface area contributed by atoms with Gasteiger partial charge in [-0.05, 0) is 18.4 Å². The summed E-state index contributed by atoms with van der Waals surface area (Å²) < 4.78 is 5.37. The number of benzene rings is 1. The van der Waals surface area contributed by atoms with Crippen molar-refractivity contribution < 1.29 is 9.66 Å². The number of hydrogen-bond acceptors (Lipinski definition) is 3. The third kappa shape index (κ3) is 3.58. The first-order chi connectivity index (χ1) is 7.11. The lowest BCUT2D eigenvalue weighted by atomic mass is 10.1. The summed E-state index contributed by atoms with van der Waals surface area (Å²) in [6.07, 6.45) is 0.895. The molecule has 0 fully saturated rings. The Bertz CT molecular complexity index is 336. The van der Waals surface area contributed by atoms with Gasteiger partial charge in [-0.3, -0.25) is 10.1 Å². The van der Waals surface area contributed by atoms with Crippen LogP contribution in [0.2, 0.25) is 0 Å². The zero-order valence-corrected chi connectivity index (χ0v) is 8.97. The molecule has 0 aliphatic heterocycles. The predicted molar refractivity (Wildman–Crippen MR) is 58.0 cm³/mol. The van der Waals surface area contributed by atoms with E-state index in [0.29, 0.717) is 18.3 Å². The monoisotopic (exact) mass is 209 g/mol. The Balaban J connectivity index is 2.63. The number of nitrogens with zero attached hydrogens (tertiary/aromatic N) is 1. The quantitative estimate of drug-likeness (QED) is 0.553. The van der Waals surface area contributed by atoms with Crippen molar-refractivity contribution in [2.45, 2.75) is 20.3 Å². The van der Waals surface area contributed by atoms with E-state index in [1.807, 2.05) is 0 Å². The van der Waals surface area contributed by atoms with Crippen LogP contribution in [0.1, 0.15) is 20.3 Å². The SMILES string of the molecule is CC(C)CCOc1ccccc1[N+](=O)[O-]. The fourth-order valence-corrected chi connectivity index (χ4v) is 1.13. The van der Waals surface area contributed by atoms with E-state index in [4.69, 9.17) is 4.74 Å². The van der Waals surface area contributed by atoms with Crippen LogP contribution >= 0.6 is 0 Å². The smallest absolute Gasteiger partial charge is 0.310 e. The van der Waals surface area contributed by atoms with Gasteiger partial charge in [0.2, 0.25) is 0 Å². The van der Waals surface area contributed by atoms with Crippen molar-refractivity contribution in [1.82, 2.24) is 0 Å². The second kappa shape index (κ2) is 5.34. The molecule has 0 aliphatic carbocycles. The number of rotatable bonds is 5. The highest BCUT2D eigenvalue weighted by atomic mass is 16.6. The summed E-state index contributed by atoms with van der Waals surface area (Å²) in [4.78, 5) is 10.2. The summed E-state index contributed by atoms with van der Waals surface area (Å²) in [6, 6.07) is 6.44. The lowest BCUT2D eigenvalue weighted by Gasteiger charge is -2.07. The molecule has 0 heterocycles. The van der Waals surface area contributed by atoms with Gasteiger partial charge in [0.05, 0.1) is 11.5 Å². The molecule has 0 bridgehead atoms. The lowest BCUT2D eigenvalue weighted by Crippen LogP contribution is -2.03. The molecule has 0 atom stereocenters. The van der Waals surface area contributed by atoms with E-state index >= 15 is 0 Å². The Morgan fingerprint density at radius 3 is 2.67 bits per heavy atom. The maximum Gasteiger partial charge on any atom is 0.310 e. The minimum atomic E-state index is -0.426. The van der Waals surface area contributed by atoms with Crippen molar-refractivity contribution in [2.24, 2.45) is 5.92 Å². The second-order valence-electron chi connectivity index (χ2n) is 3.76. The van der Waals surface area contributed by atoms with Gasteiger partial charge >= 0.3 is 5.69 Å². The van der Waals surface area contributed by atoms with E-state index in [9.17, 15) is 10.1 Å². The fourth-order valence-electron chi connectivity index (χ4n) is 1.13. The molecule has 1 rings (SSSR count). The van der Waals surface area contributed by atoms with E-state index in [1.54, 1.807) is 18.2 Å². The van der Waals surface area contributed by atoms with Crippen LogP contribution in [0.15, 0.2) is 24.3 Å². The molecule has 0 aromatic heterocycles. The highest BCUT2D eigenvalue weighted by Crippen LogP contribution is 2.25. The molecule has 0 amide bonds. The molecule has 4 heteroatoms. The van der Waals surface area contributed by atoms with Crippen LogP contribution in [-0.4, -0.2) is 11.5 Å². The molecule has 0 spiro atoms. The summed E-state index contributed by atoms with van der Waals surface area (Å²) in [6.45, 7) is 4.69. The van der Waals surface area contributed by atoms with Gasteiger partial charge in [0.1, 0.15) is 0 Å². The van der Waals surface area contributed by atoms with Gasteiger partial charge < -0.3 is 4.74 Å². The van der Waals surface area contributed by atoms with E-state index < -0.39 is 4.92 Å². The Morgan fingerprint density at radius 1 is 1.40 bits per heavy atom. The molecule has 15 heavy (non-hydrogen) atoms. The Labute approximate surface area is 89.0 Å². The van der Waals surface area contributed by atoms with Crippen LogP contribution in [-0.2, 0) is 0 Å². The van der Waals surface area contributed by atoms with Crippen LogP contribution in [0.5, 0.6) is 5.75 Å². The zero-order chi connectivity index (χ0) is 11.3. The van der Waals surface area contributed by atoms with E-state index in [2.05, 4.69) is 13.8 Å². The van der Waals surface area contributed by atoms with E-state index in [1.165, 1.54) is 6.07 Å². The molecule has 0 radical (unpaired) electrons. The summed E-state index contributed by atoms with van der Waals surface area (Å²) in [5.74, 6) is 0.885. The van der Waals surface area contributed by atoms with Crippen LogP contribution < -0.4 is 4.74 Å². The first-order valence-electron chi connectivity index (χ1n) is 4.97. The van der Waals surface area contributed by atoms with Gasteiger partial charge in [-0.2, -0.15) is 0 Å². The molecule has 0 unspecified atom stereocenters. The standard InChI is InChI=1S/C11H15NO3/c1-9(2)7-8-15-11-6-4-3-5-10(11)12(13)14/h3-6,9H,7-8H2,1-2H3. The Morgan fingerprint density at radius 2 is 2.07 bits per heavy atom. The largest absolute Gasteiger partial charge is 0.487 e. The van der Waals surface area contributed by atoms with Crippen molar-refractivity contribution in [3.05, 3.63) is 34.4 Å². The number of hydrogen-bond donors (Lipinski definition) is 0. The fraction of sp³-hybridized carbons (Fsp3) is 0.455. The van der Waals surface area contributed by atoms with E-state index in [0.717, 1.165) is 6.42 Å². The van der Waals surface area contributed by atoms with Crippen molar-refractivity contribution in [2.75, 3.05) is 6.61 Å². The maximum atomic E-state index is 10.6. The molecule has 82 valence electrons. The molecule has 0 saturated heterocycles. The van der Waals surface area contributed by atoms with E-state index in [-0.39, 0.29) is 5.69 Å². The number of nitro groups is 1. The van der Waals surface area contributed by atoms with Crippen molar-refractivity contribution >= 4 is 5.69 Å². The summed E-state index contributed by atoms with van der Waals surface area (Å²) in [5, 5.41) is 10.6. The number of nitro benzene ring substituents is 1. The van der Waals surface area contributed by atoms with Crippen molar-refractivity contribution in [3.8, 4) is 5.75 Å². The van der Waals surface area contributed by atoms with Gasteiger partial charge in [0.15, 0.2) is 5.75 Å². The van der Waals surface area contributed by atoms with Crippen LogP contribution in [0.4, 0.5) is 5.69 Å². The molecular weight excluding hydrogens is 194 g/mol. The highest BCUT2D eigenvalue weighted by molar-refractivity contribution is 5.45. The highest BCUT2D eigenvalue weighted by Gasteiger charge is 2.13. The van der Waals surface area contributed by atoms with Gasteiger partial charge in [-0.1, -0.05) is 26.0 Å². The molecule has 0 N–H and O–H groups in total. The van der Waals surface area contributed by atoms with Gasteiger partial charge in [-0.15, -0.1) is 0 Å². The maximum absolute atomic E-state index is 10.6. The van der Waals surface area contributed by atoms with Gasteiger partial charge in [-0.25, -0.2) is 0 Å². The molecule has 0 aliphatic rings. The van der Waals surface area contributed by atoms with Gasteiger partial charge in [0.25, 0.3) is 0 Å². The minimum absolute atomic E-state index is 0.0289. The van der Waals surface area contributed by atoms with Crippen LogP contribution in [0.25, 0.3) is 0 Å². The molecular formula is C11H15NO3. The van der Waals surface area contributed by atoms with Gasteiger partial charge in [0, 0.05) is 6.07 Å². The predicted octanol–water partition coefficient (Wildman–Crippen LogP) is 3.02. The van der Waals surface area contributed by atoms with Crippen molar-refractivity contribution in [3.63, 3.8) is 0 Å². The third-order valence-electron chi connectivity index (χ3n) is 2.01. The average molecular weight is 209 g/mol. The van der Waals surface area contributed by atoms with Crippen LogP contribution in [0, 0.1) is 16.0 Å². The Kier molecular flexibility index (Phi) is 4.09. The number of para-hydroxylation sites is 2. The van der Waals surface area contributed by atoms with Crippen LogP contribution in [0.3, 0.4) is 0 Å². The second-order valence-corrected chi connectivity index (χ2v) is 3.76. The molecule has 1 aromatic rings. The zero-order valence-electron chi connectivity index (χ0n) is 8.97. The first kappa shape index (κ1) is 11.5. The lowest BCUT2D eigenvalue weighted by molar-refractivity contribution is -0.385. The molecule has 0 saturated carbocycles. The topological polar surface area (TPSA) is 52.4 Å². The summed E-state index contributed by atoms with van der Waals surface area (Å²) in [7, 11) is 0. The third-order valence-corrected chi connectivity index (χ3v) is 2.01. The normalized spacial score (nSPS) is 10.3. The summed E-state index contributed by atoms with van der Waals surface area (Å²) in [5.41, 5.74) is 0.0289. The minimum Gasteiger partial charge on any atom is -0.487 e. The molecule has 1 aromatic carbocycles.